The van der Waals surface area contributed by atoms with Gasteiger partial charge in [0.2, 0.25) is 0 Å². The first-order valence-electron chi connectivity index (χ1n) is 11.5. The molecule has 0 radical (unpaired) electrons. The van der Waals surface area contributed by atoms with E-state index in [2.05, 4.69) is 22.1 Å². The third-order valence-corrected chi connectivity index (χ3v) is 6.41. The third-order valence-electron chi connectivity index (χ3n) is 5.31. The molecule has 0 saturated carbocycles. The van der Waals surface area contributed by atoms with E-state index in [1.165, 1.54) is 0 Å². The van der Waals surface area contributed by atoms with Gasteiger partial charge in [-0.05, 0) is 83.4 Å². The first kappa shape index (κ1) is 28.9. The number of nitrogens with one attached hydrogen (secondary N) is 1. The zero-order chi connectivity index (χ0) is 26.1. The van der Waals surface area contributed by atoms with E-state index in [0.29, 0.717) is 42.7 Å². The Morgan fingerprint density at radius 3 is 2.61 bits per heavy atom. The van der Waals surface area contributed by atoms with Crippen LogP contribution >= 0.6 is 45.2 Å². The molecule has 2 aromatic heterocycles. The van der Waals surface area contributed by atoms with Crippen LogP contribution in [0.15, 0.2) is 48.7 Å². The Hall–Kier alpha value is -1.68. The summed E-state index contributed by atoms with van der Waals surface area (Å²) in [4.78, 5) is 16.1. The molecule has 3 rings (SSSR count). The maximum atomic E-state index is 14.3. The molecule has 3 aromatic rings. The maximum Gasteiger partial charge on any atom is 0.251 e. The first-order valence-corrected chi connectivity index (χ1v) is 13.6. The molecule has 1 atom stereocenters. The average molecular weight is 721 g/mol. The van der Waals surface area contributed by atoms with Crippen molar-refractivity contribution in [2.45, 2.75) is 14.7 Å². The summed E-state index contributed by atoms with van der Waals surface area (Å²) >= 11 is 3.43. The molecule has 36 heavy (non-hydrogen) atoms. The lowest BCUT2D eigenvalue weighted by atomic mass is 10.1. The number of alkyl halides is 3. The number of aliphatic hydroxyl groups excluding tert-OH is 1. The molecule has 0 amide bonds. The molecule has 0 aliphatic carbocycles. The van der Waals surface area contributed by atoms with Gasteiger partial charge in [-0.15, -0.1) is 0 Å². The highest BCUT2D eigenvalue weighted by Gasteiger charge is 2.25. The van der Waals surface area contributed by atoms with Gasteiger partial charge in [0.15, 0.2) is 5.82 Å². The Balaban J connectivity index is 2.00. The minimum atomic E-state index is -1.59. The number of aliphatic hydroxyl groups is 1. The molecule has 194 valence electrons. The van der Waals surface area contributed by atoms with Crippen molar-refractivity contribution in [2.24, 2.45) is 0 Å². The summed E-state index contributed by atoms with van der Waals surface area (Å²) in [6.45, 7) is 4.62. The summed E-state index contributed by atoms with van der Waals surface area (Å²) in [5.41, 5.74) is 2.54. The number of anilines is 1. The van der Waals surface area contributed by atoms with Gasteiger partial charge < -0.3 is 24.8 Å². The lowest BCUT2D eigenvalue weighted by Gasteiger charge is -2.23. The van der Waals surface area contributed by atoms with Crippen molar-refractivity contribution >= 4 is 51.0 Å². The van der Waals surface area contributed by atoms with Crippen LogP contribution in [-0.2, 0) is 6.42 Å². The standard InChI is InChI=1S/C25H30FI2N5O3/c1-4-33(10-11-35-3)23-13-21(18-8-9-22(30-14-18)25(26,27)28)31-24(32-23)17-6-5-7-20(12-17)36-16-19(34)15-29-2/h5-9,12-14,19,29,34H,4,10-11,15-16H2,1-3H3. The molecule has 0 saturated heterocycles. The highest BCUT2D eigenvalue weighted by Crippen LogP contribution is 2.40. The van der Waals surface area contributed by atoms with Crippen molar-refractivity contribution in [3.63, 3.8) is 0 Å². The summed E-state index contributed by atoms with van der Waals surface area (Å²) in [5, 5.41) is 12.9. The smallest absolute Gasteiger partial charge is 0.251 e. The summed E-state index contributed by atoms with van der Waals surface area (Å²) < 4.78 is 23.8. The van der Waals surface area contributed by atoms with Gasteiger partial charge in [0.25, 0.3) is 1.68 Å². The zero-order valence-electron chi connectivity index (χ0n) is 20.4. The minimum absolute atomic E-state index is 0.165. The topological polar surface area (TPSA) is 92.6 Å². The molecule has 2 heterocycles. The van der Waals surface area contributed by atoms with Crippen molar-refractivity contribution in [3.05, 3.63) is 54.4 Å². The Kier molecular flexibility index (Phi) is 11.0. The Morgan fingerprint density at radius 1 is 1.17 bits per heavy atom. The van der Waals surface area contributed by atoms with E-state index in [1.54, 1.807) is 71.6 Å². The Labute approximate surface area is 238 Å². The molecule has 11 heteroatoms. The zero-order valence-corrected chi connectivity index (χ0v) is 24.7. The number of likely N-dealkylation sites (N-methyl/N-ethyl adjacent to an activating group) is 2. The third kappa shape index (κ3) is 8.16. The molecule has 1 aromatic carbocycles. The van der Waals surface area contributed by atoms with Crippen LogP contribution in [0.5, 0.6) is 5.75 Å². The number of rotatable bonds is 13. The van der Waals surface area contributed by atoms with Crippen molar-refractivity contribution in [1.29, 1.82) is 0 Å². The number of pyridine rings is 1. The van der Waals surface area contributed by atoms with E-state index < -0.39 is 7.79 Å². The van der Waals surface area contributed by atoms with Crippen LogP contribution < -0.4 is 15.0 Å². The molecule has 0 bridgehead atoms. The van der Waals surface area contributed by atoms with E-state index in [9.17, 15) is 9.50 Å². The number of halogens is 3. The van der Waals surface area contributed by atoms with Crippen LogP contribution in [0.1, 0.15) is 12.6 Å². The van der Waals surface area contributed by atoms with E-state index in [1.807, 2.05) is 36.4 Å². The second-order valence-corrected chi connectivity index (χ2v) is 13.0. The molecular formula is C25H30FI2N5O3. The number of methoxy groups -OCH3 is 1. The molecule has 0 aliphatic rings. The van der Waals surface area contributed by atoms with Gasteiger partial charge in [-0.3, -0.25) is 4.98 Å². The van der Waals surface area contributed by atoms with Crippen LogP contribution in [0.4, 0.5) is 10.2 Å². The van der Waals surface area contributed by atoms with Gasteiger partial charge in [0, 0.05) is 50.1 Å². The highest BCUT2D eigenvalue weighted by atomic mass is 127. The quantitative estimate of drug-likeness (QED) is 0.196. The number of ether oxygens (including phenoxy) is 2. The van der Waals surface area contributed by atoms with Crippen molar-refractivity contribution in [2.75, 3.05) is 51.9 Å². The maximum absolute atomic E-state index is 14.3. The van der Waals surface area contributed by atoms with Gasteiger partial charge in [0.1, 0.15) is 24.3 Å². The fraction of sp³-hybridized carbons (Fsp3) is 0.400. The van der Waals surface area contributed by atoms with Gasteiger partial charge in [-0.1, -0.05) is 12.1 Å². The second-order valence-electron chi connectivity index (χ2n) is 7.99. The molecule has 8 nitrogen and oxygen atoms in total. The highest BCUT2D eigenvalue weighted by molar-refractivity contribution is 14.2. The fourth-order valence-electron chi connectivity index (χ4n) is 3.43. The number of hydrogen-bond donors (Lipinski definition) is 2. The van der Waals surface area contributed by atoms with Gasteiger partial charge >= 0.3 is 0 Å². The summed E-state index contributed by atoms with van der Waals surface area (Å²) in [5.74, 6) is 1.88. The van der Waals surface area contributed by atoms with E-state index in [-0.39, 0.29) is 6.61 Å². The van der Waals surface area contributed by atoms with Crippen LogP contribution in [0.2, 0.25) is 0 Å². The second kappa shape index (κ2) is 13.7. The number of aromatic nitrogens is 3. The minimum Gasteiger partial charge on any atom is -0.491 e. The Morgan fingerprint density at radius 2 is 1.97 bits per heavy atom. The van der Waals surface area contributed by atoms with E-state index >= 15 is 0 Å². The van der Waals surface area contributed by atoms with E-state index in [4.69, 9.17) is 19.4 Å². The largest absolute Gasteiger partial charge is 0.491 e. The van der Waals surface area contributed by atoms with Crippen LogP contribution in [-0.4, -0.2) is 73.2 Å². The first-order chi connectivity index (χ1) is 17.2. The van der Waals surface area contributed by atoms with Crippen LogP contribution in [0, 0.1) is 0 Å². The SMILES string of the molecule is CCN(CCOC)c1cc(-c2ccc(C(F)(I)I)nc2)nc(-c2cccc(OCC(O)CNC)c2)n1. The van der Waals surface area contributed by atoms with Crippen LogP contribution in [0.3, 0.4) is 0 Å². The molecule has 1 unspecified atom stereocenters. The molecular weight excluding hydrogens is 691 g/mol. The summed E-state index contributed by atoms with van der Waals surface area (Å²) in [7, 11) is 3.45. The fourth-order valence-corrected chi connectivity index (χ4v) is 4.07. The summed E-state index contributed by atoms with van der Waals surface area (Å²) in [6.07, 6.45) is 1.01. The number of nitrogens with zero attached hydrogens (tertiary/aromatic N) is 4. The molecule has 0 fully saturated rings. The van der Waals surface area contributed by atoms with E-state index in [0.717, 1.165) is 23.5 Å². The van der Waals surface area contributed by atoms with Gasteiger partial charge in [-0.2, -0.15) is 0 Å². The van der Waals surface area contributed by atoms with Crippen molar-refractivity contribution in [1.82, 2.24) is 20.3 Å². The van der Waals surface area contributed by atoms with Crippen molar-refractivity contribution in [3.8, 4) is 28.4 Å². The lowest BCUT2D eigenvalue weighted by Crippen LogP contribution is -2.29. The number of benzene rings is 1. The Bertz CT molecular complexity index is 1120. The molecule has 2 N–H and O–H groups in total. The normalized spacial score (nSPS) is 12.4. The molecule has 0 aliphatic heterocycles. The predicted molar refractivity (Wildman–Crippen MR) is 157 cm³/mol. The predicted octanol–water partition coefficient (Wildman–Crippen LogP) is 4.59. The number of hydrogen-bond acceptors (Lipinski definition) is 8. The molecule has 0 spiro atoms. The van der Waals surface area contributed by atoms with Gasteiger partial charge in [-0.25, -0.2) is 14.4 Å². The lowest BCUT2D eigenvalue weighted by molar-refractivity contribution is 0.108. The summed E-state index contributed by atoms with van der Waals surface area (Å²) in [6, 6.07) is 12.9. The van der Waals surface area contributed by atoms with Crippen LogP contribution in [0.25, 0.3) is 22.6 Å². The van der Waals surface area contributed by atoms with Crippen molar-refractivity contribution < 1.29 is 19.0 Å². The van der Waals surface area contributed by atoms with Gasteiger partial charge in [0.05, 0.1) is 18.0 Å². The monoisotopic (exact) mass is 721 g/mol. The average Bonchev–Trinajstić information content (AvgIpc) is 2.88.